The second kappa shape index (κ2) is 7.53. The highest BCUT2D eigenvalue weighted by atomic mass is 16.2. The lowest BCUT2D eigenvalue weighted by Gasteiger charge is -2.57. The average Bonchev–Trinajstić information content (AvgIpc) is 3.46. The van der Waals surface area contributed by atoms with Crippen LogP contribution in [0, 0.1) is 46.8 Å². The predicted molar refractivity (Wildman–Crippen MR) is 123 cm³/mol. The van der Waals surface area contributed by atoms with E-state index in [1.807, 2.05) is 0 Å². The first kappa shape index (κ1) is 20.9. The third-order valence-corrected chi connectivity index (χ3v) is 11.1. The molecule has 6 heteroatoms. The number of rotatable bonds is 5. The van der Waals surface area contributed by atoms with Crippen LogP contribution in [-0.4, -0.2) is 71.7 Å². The van der Waals surface area contributed by atoms with E-state index in [0.29, 0.717) is 29.7 Å². The Balaban J connectivity index is 0.905. The molecule has 0 aromatic heterocycles. The average molecular weight is 454 g/mol. The molecule has 2 aliphatic heterocycles. The van der Waals surface area contributed by atoms with Crippen molar-refractivity contribution in [2.75, 3.05) is 39.3 Å². The van der Waals surface area contributed by atoms with Crippen LogP contribution in [0.15, 0.2) is 0 Å². The second-order valence-electron chi connectivity index (χ2n) is 13.0. The summed E-state index contributed by atoms with van der Waals surface area (Å²) in [6, 6.07) is 0. The van der Waals surface area contributed by atoms with Crippen LogP contribution in [0.3, 0.4) is 0 Å². The van der Waals surface area contributed by atoms with Crippen LogP contribution in [0.5, 0.6) is 0 Å². The Labute approximate surface area is 197 Å². The molecule has 33 heavy (non-hydrogen) atoms. The lowest BCUT2D eigenvalue weighted by Crippen LogP contribution is -2.53. The van der Waals surface area contributed by atoms with Crippen molar-refractivity contribution in [3.63, 3.8) is 0 Å². The highest BCUT2D eigenvalue weighted by molar-refractivity contribution is 6.06. The predicted octanol–water partition coefficient (Wildman–Crippen LogP) is 2.77. The second-order valence-corrected chi connectivity index (χ2v) is 13.0. The first-order valence-electron chi connectivity index (χ1n) is 13.8. The van der Waals surface area contributed by atoms with Gasteiger partial charge < -0.3 is 4.90 Å². The van der Waals surface area contributed by atoms with Crippen molar-refractivity contribution < 1.29 is 14.4 Å². The summed E-state index contributed by atoms with van der Waals surface area (Å²) in [5, 5.41) is 0. The Morgan fingerprint density at radius 3 is 1.85 bits per heavy atom. The number of amides is 3. The van der Waals surface area contributed by atoms with Crippen molar-refractivity contribution in [2.45, 2.75) is 64.2 Å². The molecule has 180 valence electrons. The summed E-state index contributed by atoms with van der Waals surface area (Å²) in [4.78, 5) is 45.1. The number of hydrogen-bond donors (Lipinski definition) is 0. The van der Waals surface area contributed by atoms with Crippen LogP contribution in [0.1, 0.15) is 64.2 Å². The molecule has 8 fully saturated rings. The van der Waals surface area contributed by atoms with Crippen LogP contribution in [0.2, 0.25) is 0 Å². The monoisotopic (exact) mass is 453 g/mol. The van der Waals surface area contributed by atoms with Crippen LogP contribution >= 0.6 is 0 Å². The Kier molecular flexibility index (Phi) is 4.77. The van der Waals surface area contributed by atoms with E-state index in [1.54, 1.807) is 4.90 Å². The van der Waals surface area contributed by atoms with Gasteiger partial charge in [-0.2, -0.15) is 0 Å². The summed E-state index contributed by atoms with van der Waals surface area (Å²) in [7, 11) is 0. The molecule has 2 heterocycles. The van der Waals surface area contributed by atoms with Crippen LogP contribution in [0.25, 0.3) is 0 Å². The maximum absolute atomic E-state index is 13.2. The molecule has 0 radical (unpaired) electrons. The summed E-state index contributed by atoms with van der Waals surface area (Å²) in [6.07, 6.45) is 12.3. The van der Waals surface area contributed by atoms with Gasteiger partial charge in [0.1, 0.15) is 0 Å². The summed E-state index contributed by atoms with van der Waals surface area (Å²) in [5.74, 6) is 4.21. The van der Waals surface area contributed by atoms with E-state index in [0.717, 1.165) is 76.2 Å². The molecule has 0 aromatic rings. The molecule has 8 rings (SSSR count). The van der Waals surface area contributed by atoms with E-state index in [-0.39, 0.29) is 23.7 Å². The minimum Gasteiger partial charge on any atom is -0.340 e. The molecule has 4 atom stereocenters. The fraction of sp³-hybridized carbons (Fsp3) is 0.889. The van der Waals surface area contributed by atoms with Gasteiger partial charge in [-0.25, -0.2) is 0 Å². The van der Waals surface area contributed by atoms with E-state index < -0.39 is 0 Å². The molecule has 3 amide bonds. The number of hydrogen-bond acceptors (Lipinski definition) is 4. The van der Waals surface area contributed by atoms with Gasteiger partial charge >= 0.3 is 0 Å². The Morgan fingerprint density at radius 2 is 1.30 bits per heavy atom. The number of nitrogens with zero attached hydrogens (tertiary/aromatic N) is 3. The largest absolute Gasteiger partial charge is 0.340 e. The third-order valence-electron chi connectivity index (χ3n) is 11.1. The van der Waals surface area contributed by atoms with Gasteiger partial charge in [0.25, 0.3) is 0 Å². The molecule has 0 unspecified atom stereocenters. The first-order chi connectivity index (χ1) is 16.0. The quantitative estimate of drug-likeness (QED) is 0.601. The highest BCUT2D eigenvalue weighted by Crippen LogP contribution is 2.61. The Bertz CT molecular complexity index is 799. The van der Waals surface area contributed by atoms with Crippen molar-refractivity contribution in [1.29, 1.82) is 0 Å². The summed E-state index contributed by atoms with van der Waals surface area (Å²) >= 11 is 0. The van der Waals surface area contributed by atoms with Crippen molar-refractivity contribution in [2.24, 2.45) is 46.8 Å². The number of carbonyl (C=O) groups excluding carboxylic acids is 3. The van der Waals surface area contributed by atoms with Crippen LogP contribution < -0.4 is 0 Å². The van der Waals surface area contributed by atoms with Gasteiger partial charge in [0.05, 0.1) is 11.8 Å². The standard InChI is InChI=1S/C27H39N3O3/c31-22(16-27-13-17-9-18(14-27)11-19(10-17)15-27)29-6-3-28(4-7-29)5-8-30-25(32)23-20-1-2-21(12-20)24(23)26(30)33/h17-21,23-24H,1-16H2/t17?,18?,19?,20-,21+,23-,24+,27?. The van der Waals surface area contributed by atoms with Crippen molar-refractivity contribution >= 4 is 17.7 Å². The van der Waals surface area contributed by atoms with Gasteiger partial charge in [-0.15, -0.1) is 0 Å². The fourth-order valence-corrected chi connectivity index (χ4v) is 10.1. The van der Waals surface area contributed by atoms with Gasteiger partial charge in [0.2, 0.25) is 17.7 Å². The molecule has 8 aliphatic rings. The number of fused-ring (bicyclic) bond motifs is 5. The molecule has 0 N–H and O–H groups in total. The SMILES string of the molecule is O=C(CC12CC3CC(CC(C3)C1)C2)N1CCN(CCN2C(=O)[C@@H]3[C@@H]4CC[C@@H](C4)[C@@H]3C2=O)CC1. The summed E-state index contributed by atoms with van der Waals surface area (Å²) in [5.41, 5.74) is 0.316. The minimum absolute atomic E-state index is 0.00435. The summed E-state index contributed by atoms with van der Waals surface area (Å²) in [6.45, 7) is 4.60. The number of imide groups is 1. The smallest absolute Gasteiger partial charge is 0.233 e. The Hall–Kier alpha value is -1.43. The van der Waals surface area contributed by atoms with Crippen molar-refractivity contribution in [3.05, 3.63) is 0 Å². The minimum atomic E-state index is -0.00435. The molecule has 2 saturated heterocycles. The van der Waals surface area contributed by atoms with Gasteiger partial charge in [0, 0.05) is 45.7 Å². The van der Waals surface area contributed by atoms with Gasteiger partial charge in [-0.05, 0) is 92.8 Å². The number of likely N-dealkylation sites (tertiary alicyclic amines) is 1. The van der Waals surface area contributed by atoms with Crippen molar-refractivity contribution in [3.8, 4) is 0 Å². The zero-order valence-electron chi connectivity index (χ0n) is 19.9. The molecule has 6 bridgehead atoms. The first-order valence-corrected chi connectivity index (χ1v) is 13.8. The van der Waals surface area contributed by atoms with Crippen LogP contribution in [-0.2, 0) is 14.4 Å². The highest BCUT2D eigenvalue weighted by Gasteiger charge is 2.60. The molecule has 6 aliphatic carbocycles. The Morgan fingerprint density at radius 1 is 0.758 bits per heavy atom. The fourth-order valence-electron chi connectivity index (χ4n) is 10.1. The summed E-state index contributed by atoms with van der Waals surface area (Å²) < 4.78 is 0. The van der Waals surface area contributed by atoms with E-state index in [4.69, 9.17) is 0 Å². The molecular formula is C27H39N3O3. The zero-order valence-corrected chi connectivity index (χ0v) is 19.9. The van der Waals surface area contributed by atoms with Gasteiger partial charge in [-0.1, -0.05) is 0 Å². The maximum atomic E-state index is 13.2. The molecular weight excluding hydrogens is 414 g/mol. The van der Waals surface area contributed by atoms with E-state index in [2.05, 4.69) is 9.80 Å². The van der Waals surface area contributed by atoms with Gasteiger partial charge in [-0.3, -0.25) is 24.2 Å². The molecule has 6 saturated carbocycles. The molecule has 0 spiro atoms. The van der Waals surface area contributed by atoms with Crippen molar-refractivity contribution in [1.82, 2.24) is 14.7 Å². The lowest BCUT2D eigenvalue weighted by atomic mass is 9.49. The van der Waals surface area contributed by atoms with Gasteiger partial charge in [0.15, 0.2) is 0 Å². The third kappa shape index (κ3) is 3.33. The molecule has 0 aromatic carbocycles. The normalized spacial score (nSPS) is 46.0. The van der Waals surface area contributed by atoms with E-state index >= 15 is 0 Å². The van der Waals surface area contributed by atoms with Crippen LogP contribution in [0.4, 0.5) is 0 Å². The van der Waals surface area contributed by atoms with E-state index in [1.165, 1.54) is 38.5 Å². The van der Waals surface area contributed by atoms with E-state index in [9.17, 15) is 14.4 Å². The number of carbonyl (C=O) groups is 3. The topological polar surface area (TPSA) is 60.9 Å². The maximum Gasteiger partial charge on any atom is 0.233 e. The lowest BCUT2D eigenvalue weighted by molar-refractivity contribution is -0.141. The molecule has 6 nitrogen and oxygen atoms in total. The number of piperazine rings is 1. The zero-order chi connectivity index (χ0) is 22.3.